The molecule has 1 N–H and O–H groups in total. The number of rotatable bonds is 2. The summed E-state index contributed by atoms with van der Waals surface area (Å²) in [7, 11) is 1.43. The van der Waals surface area contributed by atoms with Gasteiger partial charge >= 0.3 is 17.6 Å². The minimum Gasteiger partial charge on any atom is -0.382 e. The van der Waals surface area contributed by atoms with Gasteiger partial charge in [0.25, 0.3) is 0 Å². The van der Waals surface area contributed by atoms with E-state index < -0.39 is 11.7 Å². The molecule has 0 fully saturated rings. The molecule has 0 unspecified atom stereocenters. The fourth-order valence-corrected chi connectivity index (χ4v) is 1.26. The van der Waals surface area contributed by atoms with Gasteiger partial charge in [0.1, 0.15) is 0 Å². The first-order chi connectivity index (χ1) is 7.72. The Bertz CT molecular complexity index is 523. The summed E-state index contributed by atoms with van der Waals surface area (Å²) >= 11 is 0. The molecule has 84 valence electrons. The largest absolute Gasteiger partial charge is 0.443 e. The summed E-state index contributed by atoms with van der Waals surface area (Å²) in [6, 6.07) is 0. The van der Waals surface area contributed by atoms with Crippen molar-refractivity contribution in [3.05, 3.63) is 22.5 Å². The molecule has 2 rings (SSSR count). The number of aromatic nitrogens is 2. The summed E-state index contributed by atoms with van der Waals surface area (Å²) in [4.78, 5) is 26.6. The molecular formula is C9H10N4O3. The molecule has 16 heavy (non-hydrogen) atoms. The van der Waals surface area contributed by atoms with E-state index in [0.717, 1.165) is 17.5 Å². The van der Waals surface area contributed by atoms with Crippen LogP contribution in [0.5, 0.6) is 0 Å². The lowest BCUT2D eigenvalue weighted by molar-refractivity contribution is 0.0927. The van der Waals surface area contributed by atoms with Crippen LogP contribution in [0.4, 0.5) is 0 Å². The first kappa shape index (κ1) is 10.3. The molecule has 0 saturated carbocycles. The van der Waals surface area contributed by atoms with Crippen LogP contribution in [0, 0.1) is 0 Å². The van der Waals surface area contributed by atoms with Crippen molar-refractivity contribution in [3.63, 3.8) is 0 Å². The number of carbonyl (C=O) groups is 1. The van der Waals surface area contributed by atoms with Gasteiger partial charge in [-0.2, -0.15) is 0 Å². The summed E-state index contributed by atoms with van der Waals surface area (Å²) < 4.78 is 5.66. The van der Waals surface area contributed by atoms with E-state index in [1.54, 1.807) is 12.3 Å². The number of nitrogens with one attached hydrogen (secondary N) is 1. The standard InChI is InChI=1S/C9H10N4O3/c1-10-7(14)8-12-13(9(15)16-8)6-4-2-3-5-11-6/h4-5H,2-3H2,1H3,(H,10,14). The van der Waals surface area contributed by atoms with Crippen molar-refractivity contribution in [1.29, 1.82) is 0 Å². The number of allylic oxidation sites excluding steroid dienone is 1. The van der Waals surface area contributed by atoms with E-state index >= 15 is 0 Å². The summed E-state index contributed by atoms with van der Waals surface area (Å²) in [5.74, 6) is -1.15. The summed E-state index contributed by atoms with van der Waals surface area (Å²) in [5, 5.41) is 6.07. The molecule has 0 radical (unpaired) electrons. The van der Waals surface area contributed by atoms with Crippen molar-refractivity contribution >= 4 is 17.9 Å². The fraction of sp³-hybridized carbons (Fsp3) is 0.333. The molecule has 0 bridgehead atoms. The summed E-state index contributed by atoms with van der Waals surface area (Å²) in [5.41, 5.74) is 0. The number of amides is 1. The lowest BCUT2D eigenvalue weighted by atomic mass is 10.3. The normalized spacial score (nSPS) is 14.7. The van der Waals surface area contributed by atoms with E-state index in [1.165, 1.54) is 7.05 Å². The van der Waals surface area contributed by atoms with Gasteiger partial charge in [-0.3, -0.25) is 4.79 Å². The Morgan fingerprint density at radius 3 is 3.00 bits per heavy atom. The number of carbonyl (C=O) groups excluding carboxylic acids is 1. The van der Waals surface area contributed by atoms with E-state index in [9.17, 15) is 9.59 Å². The van der Waals surface area contributed by atoms with Gasteiger partial charge in [-0.05, 0) is 18.9 Å². The predicted octanol–water partition coefficient (Wildman–Crippen LogP) is -0.141. The van der Waals surface area contributed by atoms with Crippen LogP contribution in [0.2, 0.25) is 0 Å². The molecule has 0 aromatic carbocycles. The third kappa shape index (κ3) is 1.79. The van der Waals surface area contributed by atoms with Crippen LogP contribution in [-0.2, 0) is 0 Å². The number of nitrogens with zero attached hydrogens (tertiary/aromatic N) is 3. The second kappa shape index (κ2) is 4.13. The Morgan fingerprint density at radius 1 is 1.56 bits per heavy atom. The number of hydrogen-bond donors (Lipinski definition) is 1. The zero-order valence-electron chi connectivity index (χ0n) is 8.64. The van der Waals surface area contributed by atoms with E-state index in [-0.39, 0.29) is 5.89 Å². The molecule has 2 heterocycles. The number of aliphatic imine (C=N–C) groups is 1. The Balaban J connectivity index is 2.39. The van der Waals surface area contributed by atoms with Crippen molar-refractivity contribution < 1.29 is 9.21 Å². The third-order valence-corrected chi connectivity index (χ3v) is 2.03. The average Bonchev–Trinajstić information content (AvgIpc) is 2.71. The quantitative estimate of drug-likeness (QED) is 0.754. The molecule has 0 saturated heterocycles. The first-order valence-electron chi connectivity index (χ1n) is 4.77. The molecule has 1 aromatic heterocycles. The fourth-order valence-electron chi connectivity index (χ4n) is 1.26. The highest BCUT2D eigenvalue weighted by Gasteiger charge is 2.16. The highest BCUT2D eigenvalue weighted by molar-refractivity contribution is 5.89. The van der Waals surface area contributed by atoms with Crippen molar-refractivity contribution in [2.45, 2.75) is 12.8 Å². The van der Waals surface area contributed by atoms with Crippen molar-refractivity contribution in [2.24, 2.45) is 4.99 Å². The van der Waals surface area contributed by atoms with E-state index in [1.807, 2.05) is 0 Å². The SMILES string of the molecule is CNC(=O)c1nn(C2=CCCC=N2)c(=O)o1. The van der Waals surface area contributed by atoms with Crippen LogP contribution >= 0.6 is 0 Å². The van der Waals surface area contributed by atoms with E-state index in [4.69, 9.17) is 4.42 Å². The Morgan fingerprint density at radius 2 is 2.38 bits per heavy atom. The van der Waals surface area contributed by atoms with Gasteiger partial charge in [-0.15, -0.1) is 9.78 Å². The Hall–Kier alpha value is -2.18. The van der Waals surface area contributed by atoms with Gasteiger partial charge in [0, 0.05) is 13.3 Å². The summed E-state index contributed by atoms with van der Waals surface area (Å²) in [6.45, 7) is 0. The maximum atomic E-state index is 11.4. The lowest BCUT2D eigenvalue weighted by Gasteiger charge is -2.02. The Labute approximate surface area is 90.5 Å². The summed E-state index contributed by atoms with van der Waals surface area (Å²) in [6.07, 6.45) is 5.07. The smallest absolute Gasteiger partial charge is 0.382 e. The molecule has 0 spiro atoms. The third-order valence-electron chi connectivity index (χ3n) is 2.03. The van der Waals surface area contributed by atoms with Gasteiger partial charge in [-0.1, -0.05) is 0 Å². The molecule has 7 nitrogen and oxygen atoms in total. The van der Waals surface area contributed by atoms with Gasteiger partial charge in [0.2, 0.25) is 0 Å². The predicted molar refractivity (Wildman–Crippen MR) is 56.2 cm³/mol. The zero-order valence-corrected chi connectivity index (χ0v) is 8.64. The number of hydrogen-bond acceptors (Lipinski definition) is 5. The van der Waals surface area contributed by atoms with Crippen molar-refractivity contribution in [2.75, 3.05) is 7.05 Å². The van der Waals surface area contributed by atoms with Gasteiger partial charge in [-0.25, -0.2) is 9.79 Å². The average molecular weight is 222 g/mol. The monoisotopic (exact) mass is 222 g/mol. The lowest BCUT2D eigenvalue weighted by Crippen LogP contribution is -2.18. The topological polar surface area (TPSA) is 89.5 Å². The maximum absolute atomic E-state index is 11.4. The molecule has 1 aliphatic rings. The molecule has 0 atom stereocenters. The van der Waals surface area contributed by atoms with Gasteiger partial charge in [0.05, 0.1) is 0 Å². The van der Waals surface area contributed by atoms with Gasteiger partial charge in [0.15, 0.2) is 5.82 Å². The van der Waals surface area contributed by atoms with Crippen molar-refractivity contribution in [3.8, 4) is 0 Å². The van der Waals surface area contributed by atoms with Crippen LogP contribution in [-0.4, -0.2) is 28.9 Å². The van der Waals surface area contributed by atoms with E-state index in [0.29, 0.717) is 5.82 Å². The second-order valence-corrected chi connectivity index (χ2v) is 3.12. The van der Waals surface area contributed by atoms with E-state index in [2.05, 4.69) is 15.4 Å². The maximum Gasteiger partial charge on any atom is 0.443 e. The van der Waals surface area contributed by atoms with Crippen LogP contribution < -0.4 is 11.1 Å². The second-order valence-electron chi connectivity index (χ2n) is 3.12. The molecule has 1 amide bonds. The minimum absolute atomic E-state index is 0.269. The molecule has 0 aliphatic carbocycles. The van der Waals surface area contributed by atoms with Crippen LogP contribution in [0.25, 0.3) is 5.82 Å². The van der Waals surface area contributed by atoms with Crippen LogP contribution in [0.1, 0.15) is 23.5 Å². The Kier molecular flexibility index (Phi) is 2.67. The first-order valence-corrected chi connectivity index (χ1v) is 4.77. The minimum atomic E-state index is -0.719. The zero-order chi connectivity index (χ0) is 11.5. The molecule has 1 aliphatic heterocycles. The highest BCUT2D eigenvalue weighted by atomic mass is 16.4. The van der Waals surface area contributed by atoms with Crippen LogP contribution in [0.15, 0.2) is 20.3 Å². The molecule has 1 aromatic rings. The highest BCUT2D eigenvalue weighted by Crippen LogP contribution is 2.09. The van der Waals surface area contributed by atoms with Crippen molar-refractivity contribution in [1.82, 2.24) is 15.1 Å². The molecular weight excluding hydrogens is 212 g/mol. The molecule has 7 heteroatoms. The van der Waals surface area contributed by atoms with Gasteiger partial charge < -0.3 is 9.73 Å². The van der Waals surface area contributed by atoms with Crippen LogP contribution in [0.3, 0.4) is 0 Å².